The highest BCUT2D eigenvalue weighted by Crippen LogP contribution is 2.25. The van der Waals surface area contributed by atoms with E-state index in [2.05, 4.69) is 11.9 Å². The number of ether oxygens (including phenoxy) is 1. The van der Waals surface area contributed by atoms with Crippen molar-refractivity contribution in [3.8, 4) is 0 Å². The van der Waals surface area contributed by atoms with Crippen LogP contribution in [0.4, 0.5) is 0 Å². The van der Waals surface area contributed by atoms with Gasteiger partial charge in [0.1, 0.15) is 5.15 Å². The van der Waals surface area contributed by atoms with Crippen molar-refractivity contribution >= 4 is 17.2 Å². The quantitative estimate of drug-likeness (QED) is 0.682. The number of halogens is 1. The first kappa shape index (κ1) is 10.7. The average molecular weight is 224 g/mol. The van der Waals surface area contributed by atoms with Crippen molar-refractivity contribution in [1.29, 1.82) is 0 Å². The van der Waals surface area contributed by atoms with Crippen LogP contribution in [0.1, 0.15) is 25.3 Å². The molecular weight excluding hydrogens is 210 g/mol. The third-order valence-corrected chi connectivity index (χ3v) is 3.01. The Morgan fingerprint density at radius 2 is 2.07 bits per heavy atom. The Bertz CT molecular complexity index is 362. The van der Waals surface area contributed by atoms with Gasteiger partial charge in [-0.15, -0.1) is 0 Å². The molecule has 3 heteroatoms. The van der Waals surface area contributed by atoms with E-state index in [4.69, 9.17) is 16.3 Å². The van der Waals surface area contributed by atoms with Gasteiger partial charge in [0.25, 0.3) is 0 Å². The first-order valence-corrected chi connectivity index (χ1v) is 5.53. The molecule has 1 aliphatic rings. The Kier molecular flexibility index (Phi) is 3.39. The van der Waals surface area contributed by atoms with Crippen molar-refractivity contribution in [3.63, 3.8) is 0 Å². The van der Waals surface area contributed by atoms with E-state index in [0.29, 0.717) is 5.15 Å². The van der Waals surface area contributed by atoms with E-state index in [-0.39, 0.29) is 0 Å². The fourth-order valence-electron chi connectivity index (χ4n) is 1.79. The zero-order valence-electron chi connectivity index (χ0n) is 8.79. The molecule has 2 heterocycles. The van der Waals surface area contributed by atoms with Gasteiger partial charge in [-0.05, 0) is 37.0 Å². The second-order valence-corrected chi connectivity index (χ2v) is 4.10. The van der Waals surface area contributed by atoms with Gasteiger partial charge in [0.2, 0.25) is 0 Å². The van der Waals surface area contributed by atoms with E-state index in [0.717, 1.165) is 31.6 Å². The van der Waals surface area contributed by atoms with Crippen LogP contribution in [0.25, 0.3) is 5.57 Å². The summed E-state index contributed by atoms with van der Waals surface area (Å²) in [5.41, 5.74) is 3.96. The minimum atomic E-state index is 0.545. The van der Waals surface area contributed by atoms with E-state index in [1.807, 2.05) is 18.3 Å². The Hall–Kier alpha value is -0.860. The highest BCUT2D eigenvalue weighted by Gasteiger charge is 2.09. The molecule has 2 nitrogen and oxygen atoms in total. The van der Waals surface area contributed by atoms with Gasteiger partial charge >= 0.3 is 0 Å². The molecule has 0 unspecified atom stereocenters. The van der Waals surface area contributed by atoms with Crippen LogP contribution >= 0.6 is 11.6 Å². The maximum Gasteiger partial charge on any atom is 0.129 e. The number of hydrogen-bond donors (Lipinski definition) is 0. The lowest BCUT2D eigenvalue weighted by Gasteiger charge is -2.17. The summed E-state index contributed by atoms with van der Waals surface area (Å²) in [6.45, 7) is 3.83. The molecule has 1 aromatic heterocycles. The average Bonchev–Trinajstić information content (AvgIpc) is 2.30. The molecule has 0 aliphatic carbocycles. The van der Waals surface area contributed by atoms with Crippen molar-refractivity contribution in [2.45, 2.75) is 19.8 Å². The fourth-order valence-corrected chi connectivity index (χ4v) is 1.91. The smallest absolute Gasteiger partial charge is 0.129 e. The first-order valence-electron chi connectivity index (χ1n) is 5.15. The minimum Gasteiger partial charge on any atom is -0.381 e. The molecule has 1 aromatic rings. The first-order chi connectivity index (χ1) is 7.27. The minimum absolute atomic E-state index is 0.545. The number of nitrogens with zero attached hydrogens (tertiary/aromatic N) is 1. The van der Waals surface area contributed by atoms with Gasteiger partial charge in [-0.3, -0.25) is 0 Å². The predicted octanol–water partition coefficient (Wildman–Crippen LogP) is 3.32. The summed E-state index contributed by atoms with van der Waals surface area (Å²) in [4.78, 5) is 4.10. The van der Waals surface area contributed by atoms with E-state index >= 15 is 0 Å². The lowest BCUT2D eigenvalue weighted by Crippen LogP contribution is -2.08. The second-order valence-electron chi connectivity index (χ2n) is 3.71. The standard InChI is InChI=1S/C12H14ClNO/c1-9(10-4-6-15-7-5-10)11-2-3-12(13)14-8-11/h2-3,8H,4-7H2,1H3. The maximum atomic E-state index is 5.75. The van der Waals surface area contributed by atoms with E-state index in [1.165, 1.54) is 11.1 Å². The van der Waals surface area contributed by atoms with Crippen LogP contribution < -0.4 is 0 Å². The Balaban J connectivity index is 2.25. The second kappa shape index (κ2) is 4.77. The summed E-state index contributed by atoms with van der Waals surface area (Å²) >= 11 is 5.75. The largest absolute Gasteiger partial charge is 0.381 e. The van der Waals surface area contributed by atoms with Gasteiger partial charge in [-0.2, -0.15) is 0 Å². The molecule has 1 aliphatic heterocycles. The topological polar surface area (TPSA) is 22.1 Å². The van der Waals surface area contributed by atoms with E-state index in [9.17, 15) is 0 Å². The predicted molar refractivity (Wildman–Crippen MR) is 61.9 cm³/mol. The van der Waals surface area contributed by atoms with Gasteiger partial charge < -0.3 is 4.74 Å². The molecule has 2 rings (SSSR count). The Morgan fingerprint density at radius 1 is 1.33 bits per heavy atom. The van der Waals surface area contributed by atoms with Gasteiger partial charge in [0.05, 0.1) is 13.2 Å². The lowest BCUT2D eigenvalue weighted by molar-refractivity contribution is 0.119. The number of allylic oxidation sites excluding steroid dienone is 1. The van der Waals surface area contributed by atoms with Gasteiger partial charge in [0.15, 0.2) is 0 Å². The normalized spacial score (nSPS) is 16.5. The molecular formula is C12H14ClNO. The van der Waals surface area contributed by atoms with Crippen molar-refractivity contribution < 1.29 is 4.74 Å². The Morgan fingerprint density at radius 3 is 2.67 bits per heavy atom. The van der Waals surface area contributed by atoms with Crippen LogP contribution in [0.2, 0.25) is 5.15 Å². The molecule has 80 valence electrons. The molecule has 0 saturated carbocycles. The monoisotopic (exact) mass is 223 g/mol. The fraction of sp³-hybridized carbons (Fsp3) is 0.417. The maximum absolute atomic E-state index is 5.75. The number of pyridine rings is 1. The van der Waals surface area contributed by atoms with Crippen LogP contribution in [0.5, 0.6) is 0 Å². The van der Waals surface area contributed by atoms with Gasteiger partial charge in [0, 0.05) is 6.20 Å². The molecule has 1 fully saturated rings. The zero-order valence-corrected chi connectivity index (χ0v) is 9.55. The third kappa shape index (κ3) is 2.58. The summed E-state index contributed by atoms with van der Waals surface area (Å²) in [5.74, 6) is 0. The molecule has 0 atom stereocenters. The highest BCUT2D eigenvalue weighted by molar-refractivity contribution is 6.29. The molecule has 15 heavy (non-hydrogen) atoms. The third-order valence-electron chi connectivity index (χ3n) is 2.79. The van der Waals surface area contributed by atoms with Gasteiger partial charge in [-0.1, -0.05) is 23.2 Å². The van der Waals surface area contributed by atoms with Crippen LogP contribution in [-0.4, -0.2) is 18.2 Å². The summed E-state index contributed by atoms with van der Waals surface area (Å²) < 4.78 is 5.33. The highest BCUT2D eigenvalue weighted by atomic mass is 35.5. The molecule has 0 radical (unpaired) electrons. The van der Waals surface area contributed by atoms with Crippen molar-refractivity contribution in [2.75, 3.05) is 13.2 Å². The van der Waals surface area contributed by atoms with E-state index in [1.54, 1.807) is 0 Å². The zero-order chi connectivity index (χ0) is 10.7. The number of aromatic nitrogens is 1. The molecule has 0 spiro atoms. The van der Waals surface area contributed by atoms with Crippen LogP contribution in [0.15, 0.2) is 23.9 Å². The molecule has 1 saturated heterocycles. The van der Waals surface area contributed by atoms with Crippen LogP contribution in [-0.2, 0) is 4.74 Å². The molecule has 0 amide bonds. The number of rotatable bonds is 1. The van der Waals surface area contributed by atoms with Crippen molar-refractivity contribution in [1.82, 2.24) is 4.98 Å². The summed E-state index contributed by atoms with van der Waals surface area (Å²) in [7, 11) is 0. The summed E-state index contributed by atoms with van der Waals surface area (Å²) in [6.07, 6.45) is 3.91. The van der Waals surface area contributed by atoms with Crippen molar-refractivity contribution in [3.05, 3.63) is 34.6 Å². The SMILES string of the molecule is CC(=C1CCOCC1)c1ccc(Cl)nc1. The molecule has 0 bridgehead atoms. The van der Waals surface area contributed by atoms with E-state index < -0.39 is 0 Å². The number of hydrogen-bond acceptors (Lipinski definition) is 2. The van der Waals surface area contributed by atoms with Crippen LogP contribution in [0.3, 0.4) is 0 Å². The van der Waals surface area contributed by atoms with Gasteiger partial charge in [-0.25, -0.2) is 4.98 Å². The lowest BCUT2D eigenvalue weighted by atomic mass is 9.97. The molecule has 0 aromatic carbocycles. The van der Waals surface area contributed by atoms with Crippen molar-refractivity contribution in [2.24, 2.45) is 0 Å². The Labute approximate surface area is 94.9 Å². The van der Waals surface area contributed by atoms with Crippen LogP contribution in [0, 0.1) is 0 Å². The summed E-state index contributed by atoms with van der Waals surface area (Å²) in [5, 5.41) is 0.545. The summed E-state index contributed by atoms with van der Waals surface area (Å²) in [6, 6.07) is 3.85. The molecule has 0 N–H and O–H groups in total.